The van der Waals surface area contributed by atoms with E-state index in [1.165, 1.54) is 18.4 Å². The van der Waals surface area contributed by atoms with Crippen molar-refractivity contribution >= 4 is 27.8 Å². The molecule has 0 bridgehead atoms. The van der Waals surface area contributed by atoms with Crippen LogP contribution in [0.2, 0.25) is 5.02 Å². The van der Waals surface area contributed by atoms with Gasteiger partial charge in [0.05, 0.1) is 6.42 Å². The lowest BCUT2D eigenvalue weighted by Gasteiger charge is -2.29. The summed E-state index contributed by atoms with van der Waals surface area (Å²) in [5.74, 6) is -1.04. The van der Waals surface area contributed by atoms with E-state index in [9.17, 15) is 13.2 Å². The van der Waals surface area contributed by atoms with Gasteiger partial charge < -0.3 is 5.11 Å². The van der Waals surface area contributed by atoms with Crippen molar-refractivity contribution in [2.24, 2.45) is 0 Å². The maximum Gasteiger partial charge on any atom is 0.304 e. The van der Waals surface area contributed by atoms with E-state index in [0.717, 1.165) is 9.87 Å². The van der Waals surface area contributed by atoms with Crippen LogP contribution in [0.1, 0.15) is 24.9 Å². The number of halogens is 1. The number of rotatable bonds is 7. The highest BCUT2D eigenvalue weighted by Gasteiger charge is 2.28. The van der Waals surface area contributed by atoms with Crippen LogP contribution in [0.25, 0.3) is 0 Å². The molecule has 0 saturated heterocycles. The summed E-state index contributed by atoms with van der Waals surface area (Å²) in [5.41, 5.74) is 0.764. The van der Waals surface area contributed by atoms with Gasteiger partial charge in [0.25, 0.3) is 10.2 Å². The van der Waals surface area contributed by atoms with Gasteiger partial charge in [-0.1, -0.05) is 23.7 Å². The van der Waals surface area contributed by atoms with Gasteiger partial charge in [0.2, 0.25) is 0 Å². The normalized spacial score (nSPS) is 13.6. The van der Waals surface area contributed by atoms with Gasteiger partial charge in [0.15, 0.2) is 0 Å². The van der Waals surface area contributed by atoms with Crippen LogP contribution in [-0.4, -0.2) is 48.7 Å². The Morgan fingerprint density at radius 3 is 2.52 bits per heavy atom. The number of aliphatic carboxylic acids is 1. The Morgan fingerprint density at radius 2 is 2.00 bits per heavy atom. The molecule has 0 aromatic heterocycles. The second-order valence-corrected chi connectivity index (χ2v) is 7.25. The van der Waals surface area contributed by atoms with Crippen molar-refractivity contribution in [1.82, 2.24) is 8.61 Å². The predicted octanol–water partition coefficient (Wildman–Crippen LogP) is 1.98. The first-order chi connectivity index (χ1) is 9.66. The van der Waals surface area contributed by atoms with E-state index < -0.39 is 22.2 Å². The lowest BCUT2D eigenvalue weighted by molar-refractivity contribution is -0.137. The van der Waals surface area contributed by atoms with Crippen molar-refractivity contribution in [3.63, 3.8) is 0 Å². The maximum absolute atomic E-state index is 12.4. The summed E-state index contributed by atoms with van der Waals surface area (Å²) in [5, 5.41) is 9.17. The van der Waals surface area contributed by atoms with Crippen LogP contribution in [0, 0.1) is 0 Å². The van der Waals surface area contributed by atoms with Gasteiger partial charge in [-0.15, -0.1) is 0 Å². The van der Waals surface area contributed by atoms with E-state index in [2.05, 4.69) is 0 Å². The molecular formula is C13H19ClN2O4S. The van der Waals surface area contributed by atoms with Crippen LogP contribution < -0.4 is 0 Å². The summed E-state index contributed by atoms with van der Waals surface area (Å²) in [6.45, 7) is 1.67. The predicted molar refractivity (Wildman–Crippen MR) is 81.4 cm³/mol. The molecule has 0 amide bonds. The highest BCUT2D eigenvalue weighted by Crippen LogP contribution is 2.24. The molecule has 21 heavy (non-hydrogen) atoms. The first kappa shape index (κ1) is 17.9. The van der Waals surface area contributed by atoms with E-state index in [-0.39, 0.29) is 13.0 Å². The van der Waals surface area contributed by atoms with Gasteiger partial charge in [-0.2, -0.15) is 17.0 Å². The fourth-order valence-electron chi connectivity index (χ4n) is 1.76. The van der Waals surface area contributed by atoms with Gasteiger partial charge >= 0.3 is 5.97 Å². The largest absolute Gasteiger partial charge is 0.481 e. The van der Waals surface area contributed by atoms with E-state index in [1.807, 2.05) is 0 Å². The molecule has 118 valence electrons. The number of carbonyl (C=O) groups is 1. The maximum atomic E-state index is 12.4. The molecule has 0 aliphatic heterocycles. The molecule has 0 heterocycles. The van der Waals surface area contributed by atoms with Crippen LogP contribution in [0.15, 0.2) is 24.3 Å². The minimum absolute atomic E-state index is 0.0791. The Hall–Kier alpha value is -1.15. The zero-order valence-electron chi connectivity index (χ0n) is 12.2. The Labute approximate surface area is 130 Å². The third kappa shape index (κ3) is 4.67. The number of nitrogens with zero attached hydrogens (tertiary/aromatic N) is 2. The smallest absolute Gasteiger partial charge is 0.304 e. The standard InChI is InChI=1S/C13H19ClN2O4S/c1-10(11-5-4-6-12(14)9-11)16(3)21(19,20)15(2)8-7-13(17)18/h4-6,9-10H,7-8H2,1-3H3,(H,17,18). The fourth-order valence-corrected chi connectivity index (χ4v) is 3.25. The molecule has 0 radical (unpaired) electrons. The molecule has 1 atom stereocenters. The number of hydrogen-bond donors (Lipinski definition) is 1. The fraction of sp³-hybridized carbons (Fsp3) is 0.462. The van der Waals surface area contributed by atoms with Gasteiger partial charge in [-0.05, 0) is 24.6 Å². The molecular weight excluding hydrogens is 316 g/mol. The minimum Gasteiger partial charge on any atom is -0.481 e. The second-order valence-electron chi connectivity index (χ2n) is 4.72. The minimum atomic E-state index is -3.73. The first-order valence-corrected chi connectivity index (χ1v) is 8.10. The number of carboxylic acid groups (broad SMARTS) is 1. The Morgan fingerprint density at radius 1 is 1.38 bits per heavy atom. The number of carboxylic acids is 1. The highest BCUT2D eigenvalue weighted by atomic mass is 35.5. The Balaban J connectivity index is 2.89. The molecule has 0 aliphatic rings. The molecule has 8 heteroatoms. The third-order valence-electron chi connectivity index (χ3n) is 3.27. The van der Waals surface area contributed by atoms with Crippen LogP contribution in [0.3, 0.4) is 0 Å². The van der Waals surface area contributed by atoms with E-state index in [0.29, 0.717) is 5.02 Å². The quantitative estimate of drug-likeness (QED) is 0.827. The van der Waals surface area contributed by atoms with Gasteiger partial charge in [0, 0.05) is 31.7 Å². The van der Waals surface area contributed by atoms with Crippen molar-refractivity contribution in [3.05, 3.63) is 34.9 Å². The summed E-state index contributed by atoms with van der Waals surface area (Å²) >= 11 is 5.91. The van der Waals surface area contributed by atoms with Crippen LogP contribution in [0.5, 0.6) is 0 Å². The molecule has 1 aromatic carbocycles. The van der Waals surface area contributed by atoms with Crippen molar-refractivity contribution < 1.29 is 18.3 Å². The first-order valence-electron chi connectivity index (χ1n) is 6.32. The molecule has 1 unspecified atom stereocenters. The molecule has 1 rings (SSSR count). The van der Waals surface area contributed by atoms with Gasteiger partial charge in [0.1, 0.15) is 0 Å². The van der Waals surface area contributed by atoms with Crippen LogP contribution in [0.4, 0.5) is 0 Å². The summed E-state index contributed by atoms with van der Waals surface area (Å²) in [7, 11) is -0.918. The molecule has 6 nitrogen and oxygen atoms in total. The third-order valence-corrected chi connectivity index (χ3v) is 5.52. The topological polar surface area (TPSA) is 77.9 Å². The Kier molecular flexibility index (Phi) is 6.15. The van der Waals surface area contributed by atoms with E-state index >= 15 is 0 Å². The van der Waals surface area contributed by atoms with Crippen molar-refractivity contribution in [2.75, 3.05) is 20.6 Å². The molecule has 0 spiro atoms. The van der Waals surface area contributed by atoms with E-state index in [1.54, 1.807) is 31.2 Å². The summed E-state index contributed by atoms with van der Waals surface area (Å²) in [6.07, 6.45) is -0.241. The lowest BCUT2D eigenvalue weighted by atomic mass is 10.1. The Bertz CT molecular complexity index is 606. The molecule has 1 aromatic rings. The average molecular weight is 335 g/mol. The molecule has 1 N–H and O–H groups in total. The van der Waals surface area contributed by atoms with E-state index in [4.69, 9.17) is 16.7 Å². The average Bonchev–Trinajstić information content (AvgIpc) is 2.42. The van der Waals surface area contributed by atoms with Crippen molar-refractivity contribution in [2.45, 2.75) is 19.4 Å². The number of benzene rings is 1. The summed E-state index contributed by atoms with van der Waals surface area (Å²) in [6, 6.07) is 6.55. The monoisotopic (exact) mass is 334 g/mol. The van der Waals surface area contributed by atoms with Crippen LogP contribution in [-0.2, 0) is 15.0 Å². The SMILES string of the molecule is CC(c1cccc(Cl)c1)N(C)S(=O)(=O)N(C)CCC(=O)O. The molecule has 0 fully saturated rings. The van der Waals surface area contributed by atoms with Gasteiger partial charge in [-0.25, -0.2) is 0 Å². The second kappa shape index (κ2) is 7.22. The van der Waals surface area contributed by atoms with Crippen molar-refractivity contribution in [3.8, 4) is 0 Å². The summed E-state index contributed by atoms with van der Waals surface area (Å²) < 4.78 is 27.0. The number of hydrogen-bond acceptors (Lipinski definition) is 3. The molecule has 0 aliphatic carbocycles. The zero-order valence-corrected chi connectivity index (χ0v) is 13.7. The lowest BCUT2D eigenvalue weighted by Crippen LogP contribution is -2.41. The van der Waals surface area contributed by atoms with Gasteiger partial charge in [-0.3, -0.25) is 4.79 Å². The highest BCUT2D eigenvalue weighted by molar-refractivity contribution is 7.86. The van der Waals surface area contributed by atoms with Crippen molar-refractivity contribution in [1.29, 1.82) is 0 Å². The van der Waals surface area contributed by atoms with Crippen LogP contribution >= 0.6 is 11.6 Å². The molecule has 0 saturated carbocycles. The summed E-state index contributed by atoms with van der Waals surface area (Å²) in [4.78, 5) is 10.5. The zero-order chi connectivity index (χ0) is 16.2.